The third-order valence-corrected chi connectivity index (χ3v) is 6.26. The number of hydrogen-bond donors (Lipinski definition) is 0. The summed E-state index contributed by atoms with van der Waals surface area (Å²) >= 11 is 5.97. The SMILES string of the molecule is O=C(c1ccc(N2CCOCC2)c([N+](=O)[O-])c1)N1CCc2c(noc2-c2ccc(Cl)cc2)C1. The predicted octanol–water partition coefficient (Wildman–Crippen LogP) is 3.94. The van der Waals surface area contributed by atoms with Gasteiger partial charge in [-0.15, -0.1) is 0 Å². The van der Waals surface area contributed by atoms with Crippen LogP contribution in [0.3, 0.4) is 0 Å². The summed E-state index contributed by atoms with van der Waals surface area (Å²) in [4.78, 5) is 28.0. The van der Waals surface area contributed by atoms with E-state index in [9.17, 15) is 14.9 Å². The van der Waals surface area contributed by atoms with Crippen molar-refractivity contribution < 1.29 is 19.0 Å². The van der Waals surface area contributed by atoms with E-state index in [4.69, 9.17) is 20.9 Å². The van der Waals surface area contributed by atoms with Gasteiger partial charge in [0.25, 0.3) is 11.6 Å². The number of nitro benzene ring substituents is 1. The number of carbonyl (C=O) groups is 1. The van der Waals surface area contributed by atoms with E-state index in [2.05, 4.69) is 5.16 Å². The molecule has 0 bridgehead atoms. The second-order valence-corrected chi connectivity index (χ2v) is 8.42. The summed E-state index contributed by atoms with van der Waals surface area (Å²) in [5, 5.41) is 16.5. The summed E-state index contributed by atoms with van der Waals surface area (Å²) < 4.78 is 10.9. The number of benzene rings is 2. The summed E-state index contributed by atoms with van der Waals surface area (Å²) in [6.45, 7) is 2.93. The summed E-state index contributed by atoms with van der Waals surface area (Å²) in [5.41, 5.74) is 3.25. The maximum absolute atomic E-state index is 13.2. The summed E-state index contributed by atoms with van der Waals surface area (Å²) in [6.07, 6.45) is 0.580. The fourth-order valence-corrected chi connectivity index (χ4v) is 4.42. The molecule has 9 nitrogen and oxygen atoms in total. The van der Waals surface area contributed by atoms with Crippen molar-refractivity contribution in [3.63, 3.8) is 0 Å². The van der Waals surface area contributed by atoms with Gasteiger partial charge in [0.1, 0.15) is 11.4 Å². The minimum atomic E-state index is -0.439. The molecule has 0 atom stereocenters. The number of aromatic nitrogens is 1. The Morgan fingerprint density at radius 3 is 2.58 bits per heavy atom. The van der Waals surface area contributed by atoms with Crippen LogP contribution >= 0.6 is 11.6 Å². The highest BCUT2D eigenvalue weighted by molar-refractivity contribution is 6.30. The summed E-state index contributed by atoms with van der Waals surface area (Å²) in [5.74, 6) is 0.410. The smallest absolute Gasteiger partial charge is 0.293 e. The van der Waals surface area contributed by atoms with Gasteiger partial charge in [-0.3, -0.25) is 14.9 Å². The first-order valence-electron chi connectivity index (χ1n) is 10.6. The standard InChI is InChI=1S/C23H21ClN4O5/c24-17-4-1-15(2-5-17)22-18-7-8-27(14-19(18)25-33-22)23(29)16-3-6-20(21(13-16)28(30)31)26-9-11-32-12-10-26/h1-6,13H,7-12,14H2. The van der Waals surface area contributed by atoms with E-state index in [1.807, 2.05) is 17.0 Å². The van der Waals surface area contributed by atoms with Crippen molar-refractivity contribution in [1.29, 1.82) is 0 Å². The van der Waals surface area contributed by atoms with E-state index >= 15 is 0 Å². The monoisotopic (exact) mass is 468 g/mol. The number of ether oxygens (including phenoxy) is 1. The van der Waals surface area contributed by atoms with Gasteiger partial charge in [-0.2, -0.15) is 0 Å². The molecule has 1 fully saturated rings. The molecule has 0 aliphatic carbocycles. The van der Waals surface area contributed by atoms with Crippen LogP contribution in [0.4, 0.5) is 11.4 Å². The number of nitro groups is 1. The third kappa shape index (κ3) is 4.17. The van der Waals surface area contributed by atoms with Gasteiger partial charge in [0.2, 0.25) is 0 Å². The zero-order chi connectivity index (χ0) is 22.9. The molecule has 1 aromatic heterocycles. The van der Waals surface area contributed by atoms with Crippen molar-refractivity contribution in [2.75, 3.05) is 37.7 Å². The lowest BCUT2D eigenvalue weighted by Gasteiger charge is -2.29. The molecule has 2 aliphatic heterocycles. The van der Waals surface area contributed by atoms with E-state index < -0.39 is 4.92 Å². The highest BCUT2D eigenvalue weighted by Gasteiger charge is 2.30. The van der Waals surface area contributed by atoms with Crippen LogP contribution in [0.25, 0.3) is 11.3 Å². The molecular weight excluding hydrogens is 448 g/mol. The van der Waals surface area contributed by atoms with Crippen molar-refractivity contribution in [1.82, 2.24) is 10.1 Å². The molecule has 1 saturated heterocycles. The van der Waals surface area contributed by atoms with Crippen molar-refractivity contribution in [2.24, 2.45) is 0 Å². The molecule has 3 aromatic rings. The Balaban J connectivity index is 1.37. The number of nitrogens with zero attached hydrogens (tertiary/aromatic N) is 4. The molecule has 0 radical (unpaired) electrons. The van der Waals surface area contributed by atoms with Gasteiger partial charge in [-0.05, 0) is 42.8 Å². The first-order valence-corrected chi connectivity index (χ1v) is 11.0. The lowest BCUT2D eigenvalue weighted by molar-refractivity contribution is -0.384. The largest absolute Gasteiger partial charge is 0.378 e. The summed E-state index contributed by atoms with van der Waals surface area (Å²) in [6, 6.07) is 12.0. The number of rotatable bonds is 4. The van der Waals surface area contributed by atoms with Gasteiger partial charge in [0.15, 0.2) is 5.76 Å². The molecule has 0 spiro atoms. The van der Waals surface area contributed by atoms with Crippen molar-refractivity contribution >= 4 is 28.9 Å². The number of halogens is 1. The maximum atomic E-state index is 13.2. The Kier molecular flexibility index (Phi) is 5.74. The minimum Gasteiger partial charge on any atom is -0.378 e. The van der Waals surface area contributed by atoms with Crippen molar-refractivity contribution in [3.8, 4) is 11.3 Å². The van der Waals surface area contributed by atoms with Crippen LogP contribution in [0.2, 0.25) is 5.02 Å². The van der Waals surface area contributed by atoms with Crippen LogP contribution in [0, 0.1) is 10.1 Å². The van der Waals surface area contributed by atoms with Crippen LogP contribution in [0.1, 0.15) is 21.6 Å². The number of carbonyl (C=O) groups excluding carboxylic acids is 1. The second-order valence-electron chi connectivity index (χ2n) is 7.98. The third-order valence-electron chi connectivity index (χ3n) is 6.01. The molecule has 33 heavy (non-hydrogen) atoms. The molecular formula is C23H21ClN4O5. The second kappa shape index (κ2) is 8.84. The Bertz CT molecular complexity index is 1200. The van der Waals surface area contributed by atoms with Gasteiger partial charge in [-0.1, -0.05) is 16.8 Å². The first-order chi connectivity index (χ1) is 16.0. The Morgan fingerprint density at radius 2 is 1.85 bits per heavy atom. The minimum absolute atomic E-state index is 0.0769. The van der Waals surface area contributed by atoms with Gasteiger partial charge in [0, 0.05) is 47.4 Å². The number of anilines is 1. The van der Waals surface area contributed by atoms with Crippen LogP contribution < -0.4 is 4.90 Å². The lowest BCUT2D eigenvalue weighted by atomic mass is 10.00. The van der Waals surface area contributed by atoms with Gasteiger partial charge in [0.05, 0.1) is 24.7 Å². The van der Waals surface area contributed by atoms with E-state index in [1.54, 1.807) is 29.2 Å². The molecule has 3 heterocycles. The van der Waals surface area contributed by atoms with Gasteiger partial charge < -0.3 is 19.1 Å². The number of amides is 1. The van der Waals surface area contributed by atoms with E-state index in [0.717, 1.165) is 11.1 Å². The molecule has 170 valence electrons. The molecule has 0 saturated carbocycles. The predicted molar refractivity (Wildman–Crippen MR) is 122 cm³/mol. The Morgan fingerprint density at radius 1 is 1.09 bits per heavy atom. The fourth-order valence-electron chi connectivity index (χ4n) is 4.29. The quantitative estimate of drug-likeness (QED) is 0.422. The van der Waals surface area contributed by atoms with Gasteiger partial charge in [-0.25, -0.2) is 0 Å². The first kappa shape index (κ1) is 21.4. The van der Waals surface area contributed by atoms with Gasteiger partial charge >= 0.3 is 0 Å². The summed E-state index contributed by atoms with van der Waals surface area (Å²) in [7, 11) is 0. The maximum Gasteiger partial charge on any atom is 0.293 e. The number of fused-ring (bicyclic) bond motifs is 1. The Hall–Kier alpha value is -3.43. The molecule has 5 rings (SSSR count). The fraction of sp³-hybridized carbons (Fsp3) is 0.304. The molecule has 0 N–H and O–H groups in total. The molecule has 1 amide bonds. The highest BCUT2D eigenvalue weighted by Crippen LogP contribution is 2.33. The zero-order valence-corrected chi connectivity index (χ0v) is 18.5. The van der Waals surface area contributed by atoms with Crippen LogP contribution in [-0.4, -0.2) is 53.7 Å². The van der Waals surface area contributed by atoms with Crippen LogP contribution in [0.15, 0.2) is 47.0 Å². The molecule has 2 aliphatic rings. The molecule has 2 aromatic carbocycles. The topological polar surface area (TPSA) is 102 Å². The average molecular weight is 469 g/mol. The van der Waals surface area contributed by atoms with E-state index in [1.165, 1.54) is 6.07 Å². The molecule has 10 heteroatoms. The van der Waals surface area contributed by atoms with E-state index in [-0.39, 0.29) is 23.7 Å². The van der Waals surface area contributed by atoms with Crippen LogP contribution in [-0.2, 0) is 17.7 Å². The van der Waals surface area contributed by atoms with Crippen molar-refractivity contribution in [3.05, 3.63) is 74.4 Å². The zero-order valence-electron chi connectivity index (χ0n) is 17.7. The average Bonchev–Trinajstić information content (AvgIpc) is 3.27. The Labute approximate surface area is 194 Å². The van der Waals surface area contributed by atoms with Crippen LogP contribution in [0.5, 0.6) is 0 Å². The lowest BCUT2D eigenvalue weighted by Crippen LogP contribution is -2.37. The number of morpholine rings is 1. The molecule has 0 unspecified atom stereocenters. The number of hydrogen-bond acceptors (Lipinski definition) is 7. The normalized spacial score (nSPS) is 15.9. The van der Waals surface area contributed by atoms with E-state index in [0.29, 0.717) is 61.4 Å². The highest BCUT2D eigenvalue weighted by atomic mass is 35.5. The van der Waals surface area contributed by atoms with Crippen molar-refractivity contribution in [2.45, 2.75) is 13.0 Å².